The van der Waals surface area contributed by atoms with E-state index in [2.05, 4.69) is 32.4 Å². The van der Waals surface area contributed by atoms with E-state index < -0.39 is 0 Å². The van der Waals surface area contributed by atoms with Gasteiger partial charge in [0, 0.05) is 52.6 Å². The van der Waals surface area contributed by atoms with Crippen LogP contribution in [0.5, 0.6) is 0 Å². The van der Waals surface area contributed by atoms with Crippen LogP contribution in [-0.2, 0) is 14.3 Å². The van der Waals surface area contributed by atoms with Gasteiger partial charge in [-0.1, -0.05) is 6.07 Å². The lowest BCUT2D eigenvalue weighted by atomic mass is 10.1. The van der Waals surface area contributed by atoms with Gasteiger partial charge in [0.05, 0.1) is 12.6 Å². The molecular weight excluding hydrogens is 370 g/mol. The van der Waals surface area contributed by atoms with Crippen molar-refractivity contribution in [2.45, 2.75) is 45.6 Å². The average molecular weight is 406 g/mol. The van der Waals surface area contributed by atoms with Crippen LogP contribution in [0, 0.1) is 6.92 Å². The molecular formula is C21H35N5O3. The fourth-order valence-electron chi connectivity index (χ4n) is 3.12. The van der Waals surface area contributed by atoms with E-state index >= 15 is 0 Å². The summed E-state index contributed by atoms with van der Waals surface area (Å²) in [7, 11) is 1.71. The van der Waals surface area contributed by atoms with Crippen LogP contribution in [0.1, 0.15) is 38.2 Å². The quantitative estimate of drug-likeness (QED) is 0.352. The number of carbonyl (C=O) groups is 1. The number of piperidine rings is 1. The minimum atomic E-state index is -0.0795. The Morgan fingerprint density at radius 1 is 1.31 bits per heavy atom. The van der Waals surface area contributed by atoms with Crippen molar-refractivity contribution < 1.29 is 14.3 Å². The SMILES string of the molecule is CCNC(=NCCC(=O)Nc1ccc(C)cn1)N1CCC(OCCCOC)CC1. The molecule has 1 aliphatic heterocycles. The summed E-state index contributed by atoms with van der Waals surface area (Å²) in [6.07, 6.45) is 5.26. The molecule has 2 heterocycles. The molecule has 2 N–H and O–H groups in total. The number of nitrogens with one attached hydrogen (secondary N) is 2. The highest BCUT2D eigenvalue weighted by Crippen LogP contribution is 2.14. The van der Waals surface area contributed by atoms with Crippen LogP contribution in [-0.4, -0.2) is 74.4 Å². The molecule has 2 rings (SSSR count). The Kier molecular flexibility index (Phi) is 10.4. The number of guanidine groups is 1. The van der Waals surface area contributed by atoms with E-state index in [9.17, 15) is 4.79 Å². The molecule has 8 nitrogen and oxygen atoms in total. The van der Waals surface area contributed by atoms with Crippen LogP contribution in [0.25, 0.3) is 0 Å². The minimum Gasteiger partial charge on any atom is -0.385 e. The molecule has 1 aliphatic rings. The number of aliphatic imine (C=N–C) groups is 1. The van der Waals surface area contributed by atoms with Gasteiger partial charge in [-0.2, -0.15) is 0 Å². The number of hydrogen-bond acceptors (Lipinski definition) is 5. The molecule has 0 spiro atoms. The second-order valence-corrected chi connectivity index (χ2v) is 7.16. The first-order valence-electron chi connectivity index (χ1n) is 10.5. The van der Waals surface area contributed by atoms with Gasteiger partial charge in [-0.3, -0.25) is 9.79 Å². The maximum atomic E-state index is 12.1. The Balaban J connectivity index is 1.74. The predicted octanol–water partition coefficient (Wildman–Crippen LogP) is 2.20. The first-order valence-corrected chi connectivity index (χ1v) is 10.5. The van der Waals surface area contributed by atoms with Gasteiger partial charge in [-0.25, -0.2) is 4.98 Å². The number of aryl methyl sites for hydroxylation is 1. The number of likely N-dealkylation sites (tertiary alicyclic amines) is 1. The zero-order valence-corrected chi connectivity index (χ0v) is 17.9. The number of pyridine rings is 1. The zero-order chi connectivity index (χ0) is 20.9. The third kappa shape index (κ3) is 8.79. The number of hydrogen-bond donors (Lipinski definition) is 2. The highest BCUT2D eigenvalue weighted by molar-refractivity contribution is 5.90. The molecule has 0 atom stereocenters. The molecule has 29 heavy (non-hydrogen) atoms. The van der Waals surface area contributed by atoms with Crippen LogP contribution in [0.2, 0.25) is 0 Å². The second kappa shape index (κ2) is 13.1. The van der Waals surface area contributed by atoms with Crippen molar-refractivity contribution in [1.29, 1.82) is 0 Å². The second-order valence-electron chi connectivity index (χ2n) is 7.16. The third-order valence-electron chi connectivity index (χ3n) is 4.70. The summed E-state index contributed by atoms with van der Waals surface area (Å²) in [6, 6.07) is 3.73. The van der Waals surface area contributed by atoms with Crippen LogP contribution in [0.3, 0.4) is 0 Å². The molecule has 1 fully saturated rings. The van der Waals surface area contributed by atoms with Crippen LogP contribution >= 0.6 is 0 Å². The van der Waals surface area contributed by atoms with Crippen molar-refractivity contribution >= 4 is 17.7 Å². The van der Waals surface area contributed by atoms with Crippen molar-refractivity contribution in [2.24, 2.45) is 4.99 Å². The summed E-state index contributed by atoms with van der Waals surface area (Å²) in [5.41, 5.74) is 1.06. The van der Waals surface area contributed by atoms with E-state index in [0.717, 1.165) is 63.6 Å². The van der Waals surface area contributed by atoms with Gasteiger partial charge in [0.15, 0.2) is 5.96 Å². The Bertz CT molecular complexity index is 628. The van der Waals surface area contributed by atoms with Gasteiger partial charge in [0.2, 0.25) is 5.91 Å². The molecule has 0 aromatic carbocycles. The first kappa shape index (κ1) is 23.1. The number of ether oxygens (including phenoxy) is 2. The summed E-state index contributed by atoms with van der Waals surface area (Å²) in [5, 5.41) is 6.14. The van der Waals surface area contributed by atoms with E-state index in [4.69, 9.17) is 9.47 Å². The predicted molar refractivity (Wildman–Crippen MR) is 115 cm³/mol. The lowest BCUT2D eigenvalue weighted by Gasteiger charge is -2.34. The number of rotatable bonds is 10. The number of methoxy groups -OCH3 is 1. The Morgan fingerprint density at radius 3 is 2.76 bits per heavy atom. The molecule has 162 valence electrons. The maximum Gasteiger partial charge on any atom is 0.227 e. The van der Waals surface area contributed by atoms with Gasteiger partial charge < -0.3 is 25.0 Å². The highest BCUT2D eigenvalue weighted by atomic mass is 16.5. The summed E-state index contributed by atoms with van der Waals surface area (Å²) in [6.45, 7) is 8.55. The lowest BCUT2D eigenvalue weighted by molar-refractivity contribution is -0.116. The van der Waals surface area contributed by atoms with Crippen molar-refractivity contribution in [1.82, 2.24) is 15.2 Å². The number of carbonyl (C=O) groups excluding carboxylic acids is 1. The summed E-state index contributed by atoms with van der Waals surface area (Å²) >= 11 is 0. The molecule has 1 aromatic rings. The normalized spacial score (nSPS) is 15.4. The Hall–Kier alpha value is -2.19. The molecule has 1 saturated heterocycles. The summed E-state index contributed by atoms with van der Waals surface area (Å²) in [4.78, 5) is 23.2. The van der Waals surface area contributed by atoms with Gasteiger partial charge >= 0.3 is 0 Å². The van der Waals surface area contributed by atoms with Gasteiger partial charge in [0.25, 0.3) is 0 Å². The maximum absolute atomic E-state index is 12.1. The standard InChI is InChI=1S/C21H35N5O3/c1-4-22-21(26-12-9-18(10-13-26)29-15-5-14-28-3)23-11-8-20(27)25-19-7-6-17(2)16-24-19/h6-7,16,18H,4-5,8-15H2,1-3H3,(H,22,23)(H,24,25,27). The number of nitrogens with zero attached hydrogens (tertiary/aromatic N) is 3. The van der Waals surface area contributed by atoms with Crippen molar-refractivity contribution in [2.75, 3.05) is 51.8 Å². The first-order chi connectivity index (χ1) is 14.1. The minimum absolute atomic E-state index is 0.0795. The third-order valence-corrected chi connectivity index (χ3v) is 4.70. The molecule has 8 heteroatoms. The molecule has 1 aromatic heterocycles. The van der Waals surface area contributed by atoms with Crippen molar-refractivity contribution in [3.63, 3.8) is 0 Å². The van der Waals surface area contributed by atoms with Crippen LogP contribution in [0.15, 0.2) is 23.3 Å². The Labute approximate surface area is 174 Å². The molecule has 0 unspecified atom stereocenters. The average Bonchev–Trinajstić information content (AvgIpc) is 2.73. The Morgan fingerprint density at radius 2 is 2.10 bits per heavy atom. The van der Waals surface area contributed by atoms with Crippen LogP contribution in [0.4, 0.5) is 5.82 Å². The highest BCUT2D eigenvalue weighted by Gasteiger charge is 2.21. The van der Waals surface area contributed by atoms with E-state index in [0.29, 0.717) is 24.9 Å². The van der Waals surface area contributed by atoms with E-state index in [1.807, 2.05) is 19.1 Å². The largest absolute Gasteiger partial charge is 0.385 e. The number of amides is 1. The molecule has 0 saturated carbocycles. The fraction of sp³-hybridized carbons (Fsp3) is 0.667. The molecule has 1 amide bonds. The number of aromatic nitrogens is 1. The van der Waals surface area contributed by atoms with Gasteiger partial charge in [0.1, 0.15) is 5.82 Å². The van der Waals surface area contributed by atoms with E-state index in [-0.39, 0.29) is 5.91 Å². The lowest BCUT2D eigenvalue weighted by Crippen LogP contribution is -2.47. The molecule has 0 radical (unpaired) electrons. The molecule has 0 bridgehead atoms. The smallest absolute Gasteiger partial charge is 0.227 e. The van der Waals surface area contributed by atoms with Crippen LogP contribution < -0.4 is 10.6 Å². The fourth-order valence-corrected chi connectivity index (χ4v) is 3.12. The zero-order valence-electron chi connectivity index (χ0n) is 17.9. The van der Waals surface area contributed by atoms with E-state index in [1.165, 1.54) is 0 Å². The monoisotopic (exact) mass is 405 g/mol. The van der Waals surface area contributed by atoms with E-state index in [1.54, 1.807) is 13.3 Å². The number of anilines is 1. The summed E-state index contributed by atoms with van der Waals surface area (Å²) in [5.74, 6) is 1.36. The van der Waals surface area contributed by atoms with Gasteiger partial charge in [-0.15, -0.1) is 0 Å². The topological polar surface area (TPSA) is 88.1 Å². The summed E-state index contributed by atoms with van der Waals surface area (Å²) < 4.78 is 11.0. The van der Waals surface area contributed by atoms with Crippen molar-refractivity contribution in [3.05, 3.63) is 23.9 Å². The van der Waals surface area contributed by atoms with Gasteiger partial charge in [-0.05, 0) is 44.7 Å². The van der Waals surface area contributed by atoms with Crippen molar-refractivity contribution in [3.8, 4) is 0 Å². The molecule has 0 aliphatic carbocycles.